The predicted octanol–water partition coefficient (Wildman–Crippen LogP) is 3.83. The number of nitrogens with one attached hydrogen (secondary N) is 1. The zero-order valence-electron chi connectivity index (χ0n) is 16.8. The Labute approximate surface area is 178 Å². The van der Waals surface area contributed by atoms with Crippen molar-refractivity contribution in [2.45, 2.75) is 0 Å². The van der Waals surface area contributed by atoms with E-state index < -0.39 is 17.7 Å². The minimum Gasteiger partial charge on any atom is -0.493 e. The van der Waals surface area contributed by atoms with Gasteiger partial charge in [-0.2, -0.15) is 5.10 Å². The maximum absolute atomic E-state index is 13.6. The molecule has 0 atom stereocenters. The lowest BCUT2D eigenvalue weighted by Gasteiger charge is -2.09. The van der Waals surface area contributed by atoms with Crippen molar-refractivity contribution in [1.82, 2.24) is 5.43 Å². The summed E-state index contributed by atoms with van der Waals surface area (Å²) in [5, 5.41) is 3.81. The number of amides is 1. The van der Waals surface area contributed by atoms with Gasteiger partial charge in [0.25, 0.3) is 5.91 Å². The zero-order valence-corrected chi connectivity index (χ0v) is 16.8. The van der Waals surface area contributed by atoms with Gasteiger partial charge in [-0.1, -0.05) is 12.1 Å². The second-order valence-electron chi connectivity index (χ2n) is 6.21. The van der Waals surface area contributed by atoms with Gasteiger partial charge in [-0.25, -0.2) is 14.6 Å². The normalized spacial score (nSPS) is 10.5. The Kier molecular flexibility index (Phi) is 6.95. The maximum atomic E-state index is 13.6. The van der Waals surface area contributed by atoms with E-state index in [-0.39, 0.29) is 5.56 Å². The molecule has 1 N–H and O–H groups in total. The Morgan fingerprint density at radius 1 is 0.935 bits per heavy atom. The van der Waals surface area contributed by atoms with E-state index in [1.54, 1.807) is 42.5 Å². The molecule has 0 aromatic heterocycles. The van der Waals surface area contributed by atoms with E-state index in [1.165, 1.54) is 44.7 Å². The monoisotopic (exact) mass is 422 g/mol. The van der Waals surface area contributed by atoms with Gasteiger partial charge in [0.15, 0.2) is 11.5 Å². The second kappa shape index (κ2) is 10.0. The summed E-state index contributed by atoms with van der Waals surface area (Å²) in [6, 6.07) is 16.8. The molecule has 3 aromatic rings. The van der Waals surface area contributed by atoms with Crippen LogP contribution < -0.4 is 19.6 Å². The highest BCUT2D eigenvalue weighted by molar-refractivity contribution is 5.95. The van der Waals surface area contributed by atoms with Crippen LogP contribution in [0.3, 0.4) is 0 Å². The van der Waals surface area contributed by atoms with Gasteiger partial charge < -0.3 is 14.2 Å². The van der Waals surface area contributed by atoms with E-state index in [9.17, 15) is 14.0 Å². The lowest BCUT2D eigenvalue weighted by molar-refractivity contribution is 0.0734. The Bertz CT molecular complexity index is 1110. The van der Waals surface area contributed by atoms with E-state index >= 15 is 0 Å². The van der Waals surface area contributed by atoms with Crippen LogP contribution in [0.2, 0.25) is 0 Å². The van der Waals surface area contributed by atoms with Crippen molar-refractivity contribution in [3.63, 3.8) is 0 Å². The highest BCUT2D eigenvalue weighted by Crippen LogP contribution is 2.28. The number of halogens is 1. The molecule has 0 saturated heterocycles. The summed E-state index contributed by atoms with van der Waals surface area (Å²) >= 11 is 0. The molecule has 158 valence electrons. The van der Waals surface area contributed by atoms with Crippen molar-refractivity contribution in [1.29, 1.82) is 0 Å². The van der Waals surface area contributed by atoms with Crippen LogP contribution in [0.5, 0.6) is 17.2 Å². The third-order valence-electron chi connectivity index (χ3n) is 4.21. The molecule has 1 amide bonds. The molecule has 3 rings (SSSR count). The van der Waals surface area contributed by atoms with Gasteiger partial charge >= 0.3 is 5.97 Å². The molecule has 0 aliphatic carbocycles. The Hall–Kier alpha value is -4.20. The zero-order chi connectivity index (χ0) is 22.2. The number of esters is 1. The predicted molar refractivity (Wildman–Crippen MR) is 112 cm³/mol. The molecule has 0 unspecified atom stereocenters. The fraction of sp³-hybridized carbons (Fsp3) is 0.0870. The highest BCUT2D eigenvalue weighted by atomic mass is 19.1. The Morgan fingerprint density at radius 3 is 2.32 bits per heavy atom. The molecular weight excluding hydrogens is 403 g/mol. The van der Waals surface area contributed by atoms with Crippen LogP contribution in [0.4, 0.5) is 4.39 Å². The van der Waals surface area contributed by atoms with Crippen molar-refractivity contribution in [3.05, 3.63) is 89.2 Å². The number of rotatable bonds is 7. The topological polar surface area (TPSA) is 86.2 Å². The van der Waals surface area contributed by atoms with Gasteiger partial charge in [0.1, 0.15) is 11.6 Å². The first kappa shape index (κ1) is 21.5. The largest absolute Gasteiger partial charge is 0.493 e. The van der Waals surface area contributed by atoms with Gasteiger partial charge in [0.2, 0.25) is 0 Å². The summed E-state index contributed by atoms with van der Waals surface area (Å²) in [6.45, 7) is 0. The van der Waals surface area contributed by atoms with E-state index in [1.807, 2.05) is 0 Å². The molecule has 3 aromatic carbocycles. The fourth-order valence-corrected chi connectivity index (χ4v) is 2.62. The van der Waals surface area contributed by atoms with Gasteiger partial charge in [0.05, 0.1) is 31.6 Å². The van der Waals surface area contributed by atoms with Crippen LogP contribution in [0.1, 0.15) is 26.3 Å². The molecule has 7 nitrogen and oxygen atoms in total. The molecule has 0 bridgehead atoms. The molecule has 31 heavy (non-hydrogen) atoms. The van der Waals surface area contributed by atoms with Gasteiger partial charge in [-0.3, -0.25) is 4.79 Å². The first-order valence-corrected chi connectivity index (χ1v) is 9.14. The van der Waals surface area contributed by atoms with Crippen molar-refractivity contribution in [3.8, 4) is 17.2 Å². The van der Waals surface area contributed by atoms with Crippen molar-refractivity contribution >= 4 is 18.1 Å². The van der Waals surface area contributed by atoms with Crippen LogP contribution in [0.15, 0.2) is 71.8 Å². The second-order valence-corrected chi connectivity index (χ2v) is 6.21. The number of nitrogens with zero attached hydrogens (tertiary/aromatic N) is 1. The van der Waals surface area contributed by atoms with Crippen molar-refractivity contribution in [2.75, 3.05) is 14.2 Å². The van der Waals surface area contributed by atoms with Crippen molar-refractivity contribution in [2.24, 2.45) is 5.10 Å². The average molecular weight is 422 g/mol. The first-order valence-electron chi connectivity index (χ1n) is 9.14. The first-order chi connectivity index (χ1) is 15.0. The molecule has 0 saturated carbocycles. The minimum atomic E-state index is -0.658. The third kappa shape index (κ3) is 5.45. The standard InChI is InChI=1S/C23H19FN2O5/c1-29-20-12-9-16(13-21(20)30-2)23(28)31-17-10-7-15(8-11-17)14-25-26-22(27)18-5-3-4-6-19(18)24/h3-14H,1-2H3,(H,26,27)/b25-14+. The summed E-state index contributed by atoms with van der Waals surface area (Å²) in [5.74, 6) is -0.594. The van der Waals surface area contributed by atoms with Crippen LogP contribution in [-0.2, 0) is 0 Å². The molecular formula is C23H19FN2O5. The number of carbonyl (C=O) groups is 2. The van der Waals surface area contributed by atoms with Crippen LogP contribution in [0.25, 0.3) is 0 Å². The van der Waals surface area contributed by atoms with E-state index in [0.717, 1.165) is 0 Å². The summed E-state index contributed by atoms with van der Waals surface area (Å²) in [5.41, 5.74) is 3.10. The van der Waals surface area contributed by atoms with Crippen LogP contribution >= 0.6 is 0 Å². The van der Waals surface area contributed by atoms with E-state index in [4.69, 9.17) is 14.2 Å². The number of methoxy groups -OCH3 is 2. The van der Waals surface area contributed by atoms with Gasteiger partial charge in [-0.15, -0.1) is 0 Å². The van der Waals surface area contributed by atoms with Gasteiger partial charge in [-0.05, 0) is 60.2 Å². The van der Waals surface area contributed by atoms with E-state index in [0.29, 0.717) is 28.4 Å². The number of ether oxygens (including phenoxy) is 3. The quantitative estimate of drug-likeness (QED) is 0.271. The average Bonchev–Trinajstić information content (AvgIpc) is 2.79. The molecule has 0 fully saturated rings. The number of hydrogen-bond acceptors (Lipinski definition) is 6. The summed E-state index contributed by atoms with van der Waals surface area (Å²) in [4.78, 5) is 24.3. The summed E-state index contributed by atoms with van der Waals surface area (Å²) < 4.78 is 29.3. The number of hydrazone groups is 1. The molecule has 8 heteroatoms. The van der Waals surface area contributed by atoms with Crippen LogP contribution in [0, 0.1) is 5.82 Å². The number of benzene rings is 3. The summed E-state index contributed by atoms with van der Waals surface area (Å²) in [7, 11) is 2.98. The molecule has 0 heterocycles. The molecule has 0 aliphatic heterocycles. The minimum absolute atomic E-state index is 0.0999. The maximum Gasteiger partial charge on any atom is 0.343 e. The van der Waals surface area contributed by atoms with Crippen molar-refractivity contribution < 1.29 is 28.2 Å². The molecule has 0 aliphatic rings. The smallest absolute Gasteiger partial charge is 0.343 e. The third-order valence-corrected chi connectivity index (χ3v) is 4.21. The number of carbonyl (C=O) groups excluding carboxylic acids is 2. The van der Waals surface area contributed by atoms with Gasteiger partial charge in [0, 0.05) is 0 Å². The van der Waals surface area contributed by atoms with Crippen LogP contribution in [-0.4, -0.2) is 32.3 Å². The Morgan fingerprint density at radius 2 is 1.65 bits per heavy atom. The lowest BCUT2D eigenvalue weighted by Crippen LogP contribution is -2.18. The SMILES string of the molecule is COc1ccc(C(=O)Oc2ccc(/C=N/NC(=O)c3ccccc3F)cc2)cc1OC. The van der Waals surface area contributed by atoms with E-state index in [2.05, 4.69) is 10.5 Å². The summed E-state index contributed by atoms with van der Waals surface area (Å²) in [6.07, 6.45) is 1.39. The molecule has 0 spiro atoms. The molecule has 0 radical (unpaired) electrons. The Balaban J connectivity index is 1.60. The number of hydrogen-bond donors (Lipinski definition) is 1. The highest BCUT2D eigenvalue weighted by Gasteiger charge is 2.13. The fourth-order valence-electron chi connectivity index (χ4n) is 2.62. The lowest BCUT2D eigenvalue weighted by atomic mass is 10.2.